The highest BCUT2D eigenvalue weighted by molar-refractivity contribution is 5.83. The van der Waals surface area contributed by atoms with Gasteiger partial charge in [-0.15, -0.1) is 0 Å². The molecule has 1 aliphatic carbocycles. The molecule has 2 heteroatoms. The number of carbonyl (C=O) groups excluding carboxylic acids is 1. The van der Waals surface area contributed by atoms with Crippen molar-refractivity contribution in [1.82, 2.24) is 5.32 Å². The van der Waals surface area contributed by atoms with Crippen molar-refractivity contribution in [3.63, 3.8) is 0 Å². The minimum absolute atomic E-state index is 0.0435. The van der Waals surface area contributed by atoms with Gasteiger partial charge in [0.15, 0.2) is 0 Å². The summed E-state index contributed by atoms with van der Waals surface area (Å²) in [6.45, 7) is 1.95. The van der Waals surface area contributed by atoms with Gasteiger partial charge in [-0.1, -0.05) is 32.1 Å². The van der Waals surface area contributed by atoms with Crippen molar-refractivity contribution in [2.45, 2.75) is 51.5 Å². The van der Waals surface area contributed by atoms with Crippen molar-refractivity contribution >= 4 is 5.78 Å². The third-order valence-corrected chi connectivity index (χ3v) is 3.13. The SMILES string of the molecule is CNC(C)C(=O)CC1CCCCC1. The molecular weight excluding hydrogens is 162 g/mol. The van der Waals surface area contributed by atoms with E-state index in [1.165, 1.54) is 32.1 Å². The van der Waals surface area contributed by atoms with E-state index in [0.29, 0.717) is 11.7 Å². The summed E-state index contributed by atoms with van der Waals surface area (Å²) in [4.78, 5) is 11.6. The molecule has 2 nitrogen and oxygen atoms in total. The van der Waals surface area contributed by atoms with Crippen molar-refractivity contribution in [2.24, 2.45) is 5.92 Å². The minimum atomic E-state index is 0.0435. The lowest BCUT2D eigenvalue weighted by atomic mass is 9.85. The lowest BCUT2D eigenvalue weighted by molar-refractivity contribution is -0.121. The van der Waals surface area contributed by atoms with Crippen molar-refractivity contribution in [3.8, 4) is 0 Å². The van der Waals surface area contributed by atoms with E-state index in [1.54, 1.807) is 0 Å². The van der Waals surface area contributed by atoms with Crippen LogP contribution in [0.4, 0.5) is 0 Å². The fourth-order valence-corrected chi connectivity index (χ4v) is 2.01. The number of Topliss-reactive ketones (excluding diaryl/α,β-unsaturated/α-hetero) is 1. The lowest BCUT2D eigenvalue weighted by Crippen LogP contribution is -2.32. The number of ketones is 1. The zero-order valence-electron chi connectivity index (χ0n) is 8.81. The molecule has 0 aromatic carbocycles. The van der Waals surface area contributed by atoms with Crippen LogP contribution in [-0.4, -0.2) is 18.9 Å². The molecule has 1 aliphatic rings. The molecule has 0 radical (unpaired) electrons. The summed E-state index contributed by atoms with van der Waals surface area (Å²) in [5.74, 6) is 1.06. The number of hydrogen-bond donors (Lipinski definition) is 1. The third-order valence-electron chi connectivity index (χ3n) is 3.13. The number of hydrogen-bond acceptors (Lipinski definition) is 2. The Balaban J connectivity index is 2.26. The first-order valence-electron chi connectivity index (χ1n) is 5.44. The highest BCUT2D eigenvalue weighted by Gasteiger charge is 2.19. The first-order valence-corrected chi connectivity index (χ1v) is 5.44. The minimum Gasteiger partial charge on any atom is -0.311 e. The molecule has 13 heavy (non-hydrogen) atoms. The second-order valence-corrected chi connectivity index (χ2v) is 4.18. The van der Waals surface area contributed by atoms with Gasteiger partial charge in [0.2, 0.25) is 0 Å². The standard InChI is InChI=1S/C11H21NO/c1-9(12-2)11(13)8-10-6-4-3-5-7-10/h9-10,12H,3-8H2,1-2H3. The molecule has 0 spiro atoms. The monoisotopic (exact) mass is 183 g/mol. The van der Waals surface area contributed by atoms with Crippen LogP contribution in [-0.2, 0) is 4.79 Å². The van der Waals surface area contributed by atoms with E-state index in [-0.39, 0.29) is 6.04 Å². The number of carbonyl (C=O) groups is 1. The summed E-state index contributed by atoms with van der Waals surface area (Å²) in [6, 6.07) is 0.0435. The third kappa shape index (κ3) is 3.47. The molecule has 76 valence electrons. The van der Waals surface area contributed by atoms with Crippen LogP contribution in [0, 0.1) is 5.92 Å². The zero-order chi connectivity index (χ0) is 9.68. The fourth-order valence-electron chi connectivity index (χ4n) is 2.01. The van der Waals surface area contributed by atoms with E-state index in [4.69, 9.17) is 0 Å². The van der Waals surface area contributed by atoms with Crippen molar-refractivity contribution in [1.29, 1.82) is 0 Å². The van der Waals surface area contributed by atoms with Crippen LogP contribution in [0.15, 0.2) is 0 Å². The molecule has 0 heterocycles. The molecule has 0 amide bonds. The predicted octanol–water partition coefficient (Wildman–Crippen LogP) is 2.13. The number of nitrogens with one attached hydrogen (secondary N) is 1. The van der Waals surface area contributed by atoms with E-state index < -0.39 is 0 Å². The van der Waals surface area contributed by atoms with Gasteiger partial charge in [-0.05, 0) is 19.9 Å². The number of rotatable bonds is 4. The zero-order valence-corrected chi connectivity index (χ0v) is 8.81. The highest BCUT2D eigenvalue weighted by Crippen LogP contribution is 2.26. The largest absolute Gasteiger partial charge is 0.311 e. The predicted molar refractivity (Wildman–Crippen MR) is 54.7 cm³/mol. The molecule has 1 N–H and O–H groups in total. The summed E-state index contributed by atoms with van der Waals surface area (Å²) >= 11 is 0. The van der Waals surface area contributed by atoms with Gasteiger partial charge in [0.05, 0.1) is 6.04 Å². The average Bonchev–Trinajstić information content (AvgIpc) is 2.18. The summed E-state index contributed by atoms with van der Waals surface area (Å²) in [6.07, 6.45) is 7.34. The normalized spacial score (nSPS) is 21.4. The second-order valence-electron chi connectivity index (χ2n) is 4.18. The van der Waals surface area contributed by atoms with Gasteiger partial charge in [-0.3, -0.25) is 4.79 Å². The van der Waals surface area contributed by atoms with Gasteiger partial charge in [0.25, 0.3) is 0 Å². The van der Waals surface area contributed by atoms with Gasteiger partial charge in [0.1, 0.15) is 5.78 Å². The summed E-state index contributed by atoms with van der Waals surface area (Å²) in [5.41, 5.74) is 0. The summed E-state index contributed by atoms with van der Waals surface area (Å²) in [5, 5.41) is 3.00. The van der Waals surface area contributed by atoms with Crippen LogP contribution >= 0.6 is 0 Å². The Hall–Kier alpha value is -0.370. The van der Waals surface area contributed by atoms with Crippen LogP contribution in [0.25, 0.3) is 0 Å². The first kappa shape index (κ1) is 10.7. The molecular formula is C11H21NO. The Morgan fingerprint density at radius 2 is 2.00 bits per heavy atom. The van der Waals surface area contributed by atoms with E-state index in [0.717, 1.165) is 6.42 Å². The van der Waals surface area contributed by atoms with Crippen LogP contribution < -0.4 is 5.32 Å². The Kier molecular flexibility index (Phi) is 4.43. The summed E-state index contributed by atoms with van der Waals surface area (Å²) in [7, 11) is 1.85. The maximum atomic E-state index is 11.6. The average molecular weight is 183 g/mol. The Morgan fingerprint density at radius 1 is 1.38 bits per heavy atom. The molecule has 0 bridgehead atoms. The molecule has 1 rings (SSSR count). The van der Waals surface area contributed by atoms with Gasteiger partial charge in [-0.25, -0.2) is 0 Å². The maximum absolute atomic E-state index is 11.6. The topological polar surface area (TPSA) is 29.1 Å². The van der Waals surface area contributed by atoms with Crippen molar-refractivity contribution < 1.29 is 4.79 Å². The van der Waals surface area contributed by atoms with Crippen LogP contribution in [0.1, 0.15) is 45.4 Å². The molecule has 0 aromatic heterocycles. The van der Waals surface area contributed by atoms with E-state index >= 15 is 0 Å². The second kappa shape index (κ2) is 5.38. The van der Waals surface area contributed by atoms with Crippen LogP contribution in [0.3, 0.4) is 0 Å². The van der Waals surface area contributed by atoms with Crippen LogP contribution in [0.5, 0.6) is 0 Å². The summed E-state index contributed by atoms with van der Waals surface area (Å²) < 4.78 is 0. The molecule has 1 fully saturated rings. The Labute approximate surface area is 81.1 Å². The molecule has 1 atom stereocenters. The van der Waals surface area contributed by atoms with Gasteiger partial charge >= 0.3 is 0 Å². The Morgan fingerprint density at radius 3 is 2.54 bits per heavy atom. The van der Waals surface area contributed by atoms with Gasteiger partial charge in [-0.2, -0.15) is 0 Å². The van der Waals surface area contributed by atoms with Crippen molar-refractivity contribution in [3.05, 3.63) is 0 Å². The quantitative estimate of drug-likeness (QED) is 0.723. The highest BCUT2D eigenvalue weighted by atomic mass is 16.1. The molecule has 1 saturated carbocycles. The van der Waals surface area contributed by atoms with E-state index in [2.05, 4.69) is 5.32 Å². The van der Waals surface area contributed by atoms with Gasteiger partial charge in [0, 0.05) is 6.42 Å². The first-order chi connectivity index (χ1) is 6.24. The smallest absolute Gasteiger partial charge is 0.149 e. The molecule has 1 unspecified atom stereocenters. The lowest BCUT2D eigenvalue weighted by Gasteiger charge is -2.22. The van der Waals surface area contributed by atoms with Gasteiger partial charge < -0.3 is 5.32 Å². The maximum Gasteiger partial charge on any atom is 0.149 e. The molecule has 0 saturated heterocycles. The van der Waals surface area contributed by atoms with E-state index in [1.807, 2.05) is 14.0 Å². The molecule has 0 aromatic rings. The molecule has 0 aliphatic heterocycles. The van der Waals surface area contributed by atoms with Crippen molar-refractivity contribution in [2.75, 3.05) is 7.05 Å². The van der Waals surface area contributed by atoms with E-state index in [9.17, 15) is 4.79 Å². The Bertz CT molecular complexity index is 161. The number of likely N-dealkylation sites (N-methyl/N-ethyl adjacent to an activating group) is 1. The fraction of sp³-hybridized carbons (Fsp3) is 0.909. The van der Waals surface area contributed by atoms with Crippen LogP contribution in [0.2, 0.25) is 0 Å².